The van der Waals surface area contributed by atoms with Crippen LogP contribution in [0.1, 0.15) is 0 Å². The minimum atomic E-state index is 0.179. The third kappa shape index (κ3) is 1.10. The topological polar surface area (TPSA) is 25.2 Å². The molecule has 1 N–H and O–H groups in total. The summed E-state index contributed by atoms with van der Waals surface area (Å²) in [5, 5.41) is 9.87. The van der Waals surface area contributed by atoms with E-state index in [2.05, 4.69) is 6.07 Å². The fraction of sp³-hybridized carbons (Fsp3) is 0.200. The Morgan fingerprint density at radius 3 is 3.17 bits per heavy atom. The van der Waals surface area contributed by atoms with Gasteiger partial charge in [0.1, 0.15) is 0 Å². The van der Waals surface area contributed by atoms with Gasteiger partial charge in [-0.1, -0.05) is 12.1 Å². The molecule has 2 rings (SSSR count). The summed E-state index contributed by atoms with van der Waals surface area (Å²) in [5.74, 6) is 0. The lowest BCUT2D eigenvalue weighted by atomic mass is 10.2. The number of fused-ring (bicyclic) bond motifs is 1. The zero-order chi connectivity index (χ0) is 8.39. The van der Waals surface area contributed by atoms with Gasteiger partial charge in [0.2, 0.25) is 0 Å². The van der Waals surface area contributed by atoms with Crippen LogP contribution in [0.15, 0.2) is 30.5 Å². The maximum Gasteiger partial charge on any atom is 0.0610 e. The molecule has 0 spiro atoms. The van der Waals surface area contributed by atoms with Gasteiger partial charge in [-0.05, 0) is 18.2 Å². The second-order valence-corrected chi connectivity index (χ2v) is 2.70. The average molecular weight is 160 g/mol. The van der Waals surface area contributed by atoms with Crippen LogP contribution in [0.4, 0.5) is 0 Å². The number of rotatable bonds is 2. The Labute approximate surface area is 71.1 Å². The van der Waals surface area contributed by atoms with Gasteiger partial charge in [-0.2, -0.15) is 0 Å². The highest BCUT2D eigenvalue weighted by Gasteiger charge is 1.97. The number of aliphatic hydroxyl groups is 1. The zero-order valence-corrected chi connectivity index (χ0v) is 6.70. The van der Waals surface area contributed by atoms with Gasteiger partial charge in [-0.15, -0.1) is 0 Å². The van der Waals surface area contributed by atoms with Crippen molar-refractivity contribution < 1.29 is 5.11 Å². The summed E-state index contributed by atoms with van der Waals surface area (Å²) >= 11 is 0. The monoisotopic (exact) mass is 160 g/mol. The smallest absolute Gasteiger partial charge is 0.0610 e. The van der Waals surface area contributed by atoms with Gasteiger partial charge in [0, 0.05) is 23.6 Å². The van der Waals surface area contributed by atoms with Crippen LogP contribution in [0, 0.1) is 6.07 Å². The molecule has 0 saturated carbocycles. The van der Waals surface area contributed by atoms with Crippen molar-refractivity contribution in [2.45, 2.75) is 6.54 Å². The lowest BCUT2D eigenvalue weighted by Gasteiger charge is -2.00. The molecule has 1 radical (unpaired) electrons. The SMILES string of the molecule is OCCn1ccc2[c]cccc21. The van der Waals surface area contributed by atoms with Crippen LogP contribution in [-0.4, -0.2) is 16.3 Å². The predicted octanol–water partition coefficient (Wildman–Crippen LogP) is 1.43. The van der Waals surface area contributed by atoms with E-state index in [1.807, 2.05) is 35.0 Å². The molecule has 1 aromatic carbocycles. The summed E-state index contributed by atoms with van der Waals surface area (Å²) in [6, 6.07) is 11.0. The summed E-state index contributed by atoms with van der Waals surface area (Å²) in [4.78, 5) is 0. The van der Waals surface area contributed by atoms with Crippen molar-refractivity contribution in [3.8, 4) is 0 Å². The highest BCUT2D eigenvalue weighted by atomic mass is 16.3. The van der Waals surface area contributed by atoms with Gasteiger partial charge >= 0.3 is 0 Å². The standard InChI is InChI=1S/C10H10NO/c12-8-7-11-6-5-9-3-1-2-4-10(9)11/h1-2,4-6,12H,7-8H2. The van der Waals surface area contributed by atoms with Gasteiger partial charge < -0.3 is 9.67 Å². The largest absolute Gasteiger partial charge is 0.395 e. The van der Waals surface area contributed by atoms with Gasteiger partial charge in [-0.25, -0.2) is 0 Å². The zero-order valence-electron chi connectivity index (χ0n) is 6.70. The normalized spacial score (nSPS) is 10.8. The highest BCUT2D eigenvalue weighted by molar-refractivity contribution is 5.79. The number of aliphatic hydroxyl groups excluding tert-OH is 1. The first-order valence-corrected chi connectivity index (χ1v) is 3.98. The molecule has 0 saturated heterocycles. The summed E-state index contributed by atoms with van der Waals surface area (Å²) < 4.78 is 2.02. The summed E-state index contributed by atoms with van der Waals surface area (Å²) in [6.07, 6.45) is 1.97. The maximum absolute atomic E-state index is 8.77. The number of hydrogen-bond donors (Lipinski definition) is 1. The van der Waals surface area contributed by atoms with Crippen LogP contribution in [0.2, 0.25) is 0 Å². The molecule has 12 heavy (non-hydrogen) atoms. The predicted molar refractivity (Wildman–Crippen MR) is 47.9 cm³/mol. The van der Waals surface area contributed by atoms with Crippen molar-refractivity contribution in [1.82, 2.24) is 4.57 Å². The van der Waals surface area contributed by atoms with Crippen molar-refractivity contribution in [3.05, 3.63) is 36.5 Å². The molecular weight excluding hydrogens is 150 g/mol. The fourth-order valence-electron chi connectivity index (χ4n) is 1.37. The lowest BCUT2D eigenvalue weighted by Crippen LogP contribution is -1.99. The van der Waals surface area contributed by atoms with E-state index in [4.69, 9.17) is 5.11 Å². The number of nitrogens with zero attached hydrogens (tertiary/aromatic N) is 1. The van der Waals surface area contributed by atoms with Crippen molar-refractivity contribution in [2.24, 2.45) is 0 Å². The van der Waals surface area contributed by atoms with Crippen LogP contribution < -0.4 is 0 Å². The summed E-state index contributed by atoms with van der Waals surface area (Å²) in [7, 11) is 0. The Morgan fingerprint density at radius 1 is 1.42 bits per heavy atom. The quantitative estimate of drug-likeness (QED) is 0.706. The van der Waals surface area contributed by atoms with E-state index in [0.717, 1.165) is 10.9 Å². The molecule has 0 aliphatic rings. The van der Waals surface area contributed by atoms with Crippen LogP contribution >= 0.6 is 0 Å². The molecule has 2 heteroatoms. The Morgan fingerprint density at radius 2 is 2.33 bits per heavy atom. The molecule has 61 valence electrons. The van der Waals surface area contributed by atoms with Crippen molar-refractivity contribution in [3.63, 3.8) is 0 Å². The molecule has 0 fully saturated rings. The first kappa shape index (κ1) is 7.37. The van der Waals surface area contributed by atoms with E-state index in [0.29, 0.717) is 6.54 Å². The Balaban J connectivity index is 2.55. The molecule has 1 aromatic heterocycles. The molecule has 0 aliphatic heterocycles. The number of benzene rings is 1. The van der Waals surface area contributed by atoms with Gasteiger partial charge in [-0.3, -0.25) is 0 Å². The van der Waals surface area contributed by atoms with Crippen LogP contribution in [0.25, 0.3) is 10.9 Å². The van der Waals surface area contributed by atoms with Crippen molar-refractivity contribution >= 4 is 10.9 Å². The van der Waals surface area contributed by atoms with Crippen molar-refractivity contribution in [2.75, 3.05) is 6.61 Å². The van der Waals surface area contributed by atoms with E-state index in [1.54, 1.807) is 0 Å². The third-order valence-corrected chi connectivity index (χ3v) is 1.94. The molecular formula is C10H10NO. The van der Waals surface area contributed by atoms with Gasteiger partial charge in [0.25, 0.3) is 0 Å². The Hall–Kier alpha value is -1.28. The summed E-state index contributed by atoms with van der Waals surface area (Å²) in [5.41, 5.74) is 1.13. The van der Waals surface area contributed by atoms with Crippen molar-refractivity contribution in [1.29, 1.82) is 0 Å². The van der Waals surface area contributed by atoms with E-state index in [-0.39, 0.29) is 6.61 Å². The Bertz CT molecular complexity index is 378. The van der Waals surface area contributed by atoms with E-state index in [1.165, 1.54) is 0 Å². The Kier molecular flexibility index (Phi) is 1.84. The lowest BCUT2D eigenvalue weighted by molar-refractivity contribution is 0.278. The number of hydrogen-bond acceptors (Lipinski definition) is 1. The number of aromatic nitrogens is 1. The minimum Gasteiger partial charge on any atom is -0.395 e. The minimum absolute atomic E-state index is 0.179. The third-order valence-electron chi connectivity index (χ3n) is 1.94. The van der Waals surface area contributed by atoms with Crippen LogP contribution in [0.3, 0.4) is 0 Å². The molecule has 2 aromatic rings. The molecule has 0 unspecified atom stereocenters. The molecule has 0 bridgehead atoms. The van der Waals surface area contributed by atoms with E-state index >= 15 is 0 Å². The highest BCUT2D eigenvalue weighted by Crippen LogP contribution is 2.13. The molecule has 1 heterocycles. The average Bonchev–Trinajstić information content (AvgIpc) is 2.50. The van der Waals surface area contributed by atoms with E-state index < -0.39 is 0 Å². The van der Waals surface area contributed by atoms with Crippen LogP contribution in [0.5, 0.6) is 0 Å². The second kappa shape index (κ2) is 2.99. The molecule has 0 aliphatic carbocycles. The first-order chi connectivity index (χ1) is 5.92. The van der Waals surface area contributed by atoms with Crippen LogP contribution in [-0.2, 0) is 6.54 Å². The molecule has 0 atom stereocenters. The van der Waals surface area contributed by atoms with Gasteiger partial charge in [0.05, 0.1) is 6.61 Å². The first-order valence-electron chi connectivity index (χ1n) is 3.98. The maximum atomic E-state index is 8.77. The fourth-order valence-corrected chi connectivity index (χ4v) is 1.37. The second-order valence-electron chi connectivity index (χ2n) is 2.70. The van der Waals surface area contributed by atoms with Gasteiger partial charge in [0.15, 0.2) is 0 Å². The molecule has 2 nitrogen and oxygen atoms in total. The summed E-state index contributed by atoms with van der Waals surface area (Å²) in [6.45, 7) is 0.833. The van der Waals surface area contributed by atoms with E-state index in [9.17, 15) is 0 Å². The molecule has 0 amide bonds.